The van der Waals surface area contributed by atoms with Crippen LogP contribution in [0.1, 0.15) is 107 Å². The number of fused-ring (bicyclic) bond motifs is 1. The van der Waals surface area contributed by atoms with E-state index < -0.39 is 18.2 Å². The number of carbonyl (C=O) groups is 2. The Morgan fingerprint density at radius 2 is 1.65 bits per heavy atom. The van der Waals surface area contributed by atoms with E-state index in [0.717, 1.165) is 38.5 Å². The summed E-state index contributed by atoms with van der Waals surface area (Å²) in [5.74, 6) is -0.950. The van der Waals surface area contributed by atoms with Crippen molar-refractivity contribution in [1.82, 2.24) is 0 Å². The minimum atomic E-state index is -1.10. The Balaban J connectivity index is 1.88. The van der Waals surface area contributed by atoms with Gasteiger partial charge in [0.2, 0.25) is 6.29 Å². The van der Waals surface area contributed by atoms with Crippen molar-refractivity contribution in [2.45, 2.75) is 96.7 Å². The summed E-state index contributed by atoms with van der Waals surface area (Å²) in [6, 6.07) is 12.4. The minimum absolute atomic E-state index is 0.0305. The molecular formula is C33H44N2O5. The molecule has 0 aromatic heterocycles. The molecule has 2 N–H and O–H groups in total. The maximum atomic E-state index is 13.5. The van der Waals surface area contributed by atoms with E-state index in [2.05, 4.69) is 57.7 Å². The molecule has 2 aromatic carbocycles. The van der Waals surface area contributed by atoms with Crippen LogP contribution < -0.4 is 5.32 Å². The van der Waals surface area contributed by atoms with Crippen molar-refractivity contribution < 1.29 is 24.3 Å². The number of oxime groups is 1. The summed E-state index contributed by atoms with van der Waals surface area (Å²) in [5.41, 5.74) is 3.96. The third-order valence-corrected chi connectivity index (χ3v) is 7.62. The number of hydrogen-bond donors (Lipinski definition) is 2. The molecule has 1 aliphatic rings. The van der Waals surface area contributed by atoms with Gasteiger partial charge in [0.1, 0.15) is 6.61 Å². The molecule has 0 aliphatic heterocycles. The molecule has 1 unspecified atom stereocenters. The van der Waals surface area contributed by atoms with Gasteiger partial charge in [0.05, 0.1) is 5.56 Å². The van der Waals surface area contributed by atoms with E-state index in [0.29, 0.717) is 23.2 Å². The number of anilines is 1. The van der Waals surface area contributed by atoms with Crippen molar-refractivity contribution >= 4 is 23.3 Å². The molecule has 7 heteroatoms. The summed E-state index contributed by atoms with van der Waals surface area (Å²) in [5, 5.41) is 17.4. The summed E-state index contributed by atoms with van der Waals surface area (Å²) < 4.78 is 5.06. The molecule has 0 saturated carbocycles. The van der Waals surface area contributed by atoms with E-state index >= 15 is 0 Å². The first-order valence-corrected chi connectivity index (χ1v) is 14.2. The molecule has 3 rings (SSSR count). The molecular weight excluding hydrogens is 504 g/mol. The topological polar surface area (TPSA) is 97.2 Å². The second kappa shape index (κ2) is 13.8. The fraction of sp³-hybridized carbons (Fsp3) is 0.485. The molecule has 216 valence electrons. The molecule has 0 radical (unpaired) electrons. The number of nitrogens with one attached hydrogen (secondary N) is 1. The number of aliphatic hydroxyl groups excluding tert-OH is 1. The number of aliphatic hydroxyl groups is 1. The lowest BCUT2D eigenvalue weighted by Crippen LogP contribution is -2.34. The summed E-state index contributed by atoms with van der Waals surface area (Å²) >= 11 is 0. The first kappa shape index (κ1) is 31.1. The molecule has 0 fully saturated rings. The highest BCUT2D eigenvalue weighted by atomic mass is 16.7. The normalized spacial score (nSPS) is 16.4. The number of amides is 1. The fourth-order valence-electron chi connectivity index (χ4n) is 4.97. The van der Waals surface area contributed by atoms with Gasteiger partial charge in [-0.2, -0.15) is 0 Å². The van der Waals surface area contributed by atoms with E-state index in [4.69, 9.17) is 9.57 Å². The Morgan fingerprint density at radius 3 is 2.30 bits per heavy atom. The first-order valence-electron chi connectivity index (χ1n) is 14.2. The van der Waals surface area contributed by atoms with Gasteiger partial charge in [0.25, 0.3) is 5.91 Å². The lowest BCUT2D eigenvalue weighted by atomic mass is 9.63. The number of ether oxygens (including phenoxy) is 1. The van der Waals surface area contributed by atoms with E-state index in [-0.39, 0.29) is 23.1 Å². The van der Waals surface area contributed by atoms with Gasteiger partial charge in [0, 0.05) is 17.7 Å². The smallest absolute Gasteiger partial charge is 0.338 e. The Kier molecular flexibility index (Phi) is 10.7. The number of nitrogens with zero attached hydrogens (tertiary/aromatic N) is 1. The predicted octanol–water partition coefficient (Wildman–Crippen LogP) is 7.03. The molecule has 1 aliphatic carbocycles. The molecule has 0 saturated heterocycles. The van der Waals surface area contributed by atoms with Crippen LogP contribution in [0, 0.1) is 0 Å². The van der Waals surface area contributed by atoms with Crippen molar-refractivity contribution in [3.8, 4) is 0 Å². The standard InChI is InChI=1S/C33H44N2O5/c1-7-9-10-11-12-28(36)40-35-29(24-15-18-26-27(22-24)33(5,6)20-19-32(26,3)4)30(37)34-25-16-13-23(14-17-25)31(38)39-21-8-2/h8,13-18,22,28,36H,2,7,9-12,19-21H2,1,3-6H3,(H,34,37). The van der Waals surface area contributed by atoms with Crippen molar-refractivity contribution in [2.24, 2.45) is 5.16 Å². The summed E-state index contributed by atoms with van der Waals surface area (Å²) in [6.07, 6.45) is 6.96. The van der Waals surface area contributed by atoms with Crippen molar-refractivity contribution in [3.05, 3.63) is 77.4 Å². The molecule has 7 nitrogen and oxygen atoms in total. The monoisotopic (exact) mass is 548 g/mol. The molecule has 1 amide bonds. The van der Waals surface area contributed by atoms with E-state index in [1.165, 1.54) is 17.2 Å². The van der Waals surface area contributed by atoms with E-state index in [1.54, 1.807) is 24.3 Å². The highest BCUT2D eigenvalue weighted by Crippen LogP contribution is 2.46. The fourth-order valence-corrected chi connectivity index (χ4v) is 4.97. The van der Waals surface area contributed by atoms with Crippen LogP contribution >= 0.6 is 0 Å². The van der Waals surface area contributed by atoms with Gasteiger partial charge in [-0.1, -0.05) is 83.8 Å². The number of carbonyl (C=O) groups excluding carboxylic acids is 2. The molecule has 0 bridgehead atoms. The lowest BCUT2D eigenvalue weighted by Gasteiger charge is -2.42. The summed E-state index contributed by atoms with van der Waals surface area (Å²) in [6.45, 7) is 14.7. The van der Waals surface area contributed by atoms with Crippen molar-refractivity contribution in [1.29, 1.82) is 0 Å². The average Bonchev–Trinajstić information content (AvgIpc) is 2.93. The Bertz CT molecular complexity index is 1210. The van der Waals surface area contributed by atoms with Gasteiger partial charge in [0.15, 0.2) is 5.71 Å². The van der Waals surface area contributed by atoms with Gasteiger partial charge >= 0.3 is 5.97 Å². The molecule has 2 aromatic rings. The van der Waals surface area contributed by atoms with Crippen LogP contribution in [0.15, 0.2) is 60.3 Å². The van der Waals surface area contributed by atoms with Crippen molar-refractivity contribution in [2.75, 3.05) is 11.9 Å². The van der Waals surface area contributed by atoms with Gasteiger partial charge in [-0.15, -0.1) is 0 Å². The second-order valence-corrected chi connectivity index (χ2v) is 11.8. The van der Waals surface area contributed by atoms with E-state index in [1.807, 2.05) is 12.1 Å². The quantitative estimate of drug-likeness (QED) is 0.0700. The average molecular weight is 549 g/mol. The number of rotatable bonds is 13. The summed E-state index contributed by atoms with van der Waals surface area (Å²) in [4.78, 5) is 31.1. The van der Waals surface area contributed by atoms with Gasteiger partial charge in [-0.3, -0.25) is 4.79 Å². The number of benzene rings is 2. The first-order chi connectivity index (χ1) is 19.0. The molecule has 0 heterocycles. The van der Waals surface area contributed by atoms with Gasteiger partial charge in [-0.05, 0) is 71.6 Å². The Hall–Kier alpha value is -3.45. The molecule has 1 atom stereocenters. The van der Waals surface area contributed by atoms with Crippen LogP contribution in [-0.2, 0) is 25.2 Å². The zero-order valence-corrected chi connectivity index (χ0v) is 24.6. The van der Waals surface area contributed by atoms with Crippen LogP contribution in [0.2, 0.25) is 0 Å². The van der Waals surface area contributed by atoms with Crippen molar-refractivity contribution in [3.63, 3.8) is 0 Å². The predicted molar refractivity (Wildman–Crippen MR) is 160 cm³/mol. The lowest BCUT2D eigenvalue weighted by molar-refractivity contribution is -0.113. The summed E-state index contributed by atoms with van der Waals surface area (Å²) in [7, 11) is 0. The highest BCUT2D eigenvalue weighted by Gasteiger charge is 2.37. The zero-order chi connectivity index (χ0) is 29.3. The Morgan fingerprint density at radius 1 is 1.00 bits per heavy atom. The van der Waals surface area contributed by atoms with Crippen LogP contribution in [0.4, 0.5) is 5.69 Å². The molecule has 0 spiro atoms. The van der Waals surface area contributed by atoms with Gasteiger partial charge < -0.3 is 20.0 Å². The highest BCUT2D eigenvalue weighted by molar-refractivity contribution is 6.48. The van der Waals surface area contributed by atoms with Crippen LogP contribution in [0.3, 0.4) is 0 Å². The third kappa shape index (κ3) is 8.04. The number of unbranched alkanes of at least 4 members (excludes halogenated alkanes) is 3. The zero-order valence-electron chi connectivity index (χ0n) is 24.6. The largest absolute Gasteiger partial charge is 0.458 e. The molecule has 40 heavy (non-hydrogen) atoms. The maximum absolute atomic E-state index is 13.5. The maximum Gasteiger partial charge on any atom is 0.338 e. The van der Waals surface area contributed by atoms with Crippen LogP contribution in [0.25, 0.3) is 0 Å². The number of hydrogen-bond acceptors (Lipinski definition) is 6. The SMILES string of the molecule is C=CCOC(=O)c1ccc(NC(=O)C(=NOC(O)CCCCCC)c2ccc3c(c2)C(C)(C)CCC3(C)C)cc1. The third-order valence-electron chi connectivity index (χ3n) is 7.62. The second-order valence-electron chi connectivity index (χ2n) is 11.8. The van der Waals surface area contributed by atoms with Crippen LogP contribution in [0.5, 0.6) is 0 Å². The number of esters is 1. The Labute approximate surface area is 238 Å². The van der Waals surface area contributed by atoms with Crippen LogP contribution in [-0.4, -0.2) is 35.6 Å². The van der Waals surface area contributed by atoms with Gasteiger partial charge in [-0.25, -0.2) is 4.79 Å². The van der Waals surface area contributed by atoms with E-state index in [9.17, 15) is 14.7 Å². The minimum Gasteiger partial charge on any atom is -0.458 e.